The Morgan fingerprint density at radius 3 is 2.41 bits per heavy atom. The van der Waals surface area contributed by atoms with Gasteiger partial charge in [-0.15, -0.1) is 0 Å². The van der Waals surface area contributed by atoms with Crippen molar-refractivity contribution < 1.29 is 0 Å². The Bertz CT molecular complexity index is 312. The highest BCUT2D eigenvalue weighted by Crippen LogP contribution is 2.31. The molecule has 0 amide bonds. The van der Waals surface area contributed by atoms with E-state index in [2.05, 4.69) is 47.1 Å². The molecule has 1 rings (SSSR count). The summed E-state index contributed by atoms with van der Waals surface area (Å²) in [6.45, 7) is 7.78. The summed E-state index contributed by atoms with van der Waals surface area (Å²) in [5.41, 5.74) is 1.27. The molecule has 0 aliphatic heterocycles. The van der Waals surface area contributed by atoms with Crippen molar-refractivity contribution in [3.8, 4) is 0 Å². The van der Waals surface area contributed by atoms with Gasteiger partial charge in [-0.2, -0.15) is 5.10 Å². The maximum absolute atomic E-state index is 4.33. The maximum atomic E-state index is 4.33. The molecule has 17 heavy (non-hydrogen) atoms. The standard InChI is InChI=1S/C13H24BrN3/c1-5-8-15-12(10(6-2)7-3)13-11(14)9-16-17(13)4/h9-10,12,15H,5-8H2,1-4H3. The van der Waals surface area contributed by atoms with Crippen LogP contribution in [0.15, 0.2) is 10.7 Å². The van der Waals surface area contributed by atoms with Crippen LogP contribution in [0.5, 0.6) is 0 Å². The van der Waals surface area contributed by atoms with E-state index < -0.39 is 0 Å². The molecular weight excluding hydrogens is 278 g/mol. The zero-order valence-electron chi connectivity index (χ0n) is 11.3. The van der Waals surface area contributed by atoms with Crippen molar-refractivity contribution in [3.63, 3.8) is 0 Å². The van der Waals surface area contributed by atoms with Crippen LogP contribution >= 0.6 is 15.9 Å². The van der Waals surface area contributed by atoms with Gasteiger partial charge < -0.3 is 5.32 Å². The van der Waals surface area contributed by atoms with Gasteiger partial charge in [0.2, 0.25) is 0 Å². The van der Waals surface area contributed by atoms with Crippen molar-refractivity contribution in [1.82, 2.24) is 15.1 Å². The predicted molar refractivity (Wildman–Crippen MR) is 76.0 cm³/mol. The molecule has 1 aromatic heterocycles. The first-order chi connectivity index (χ1) is 8.15. The van der Waals surface area contributed by atoms with Gasteiger partial charge in [-0.25, -0.2) is 0 Å². The lowest BCUT2D eigenvalue weighted by atomic mass is 9.91. The van der Waals surface area contributed by atoms with Crippen molar-refractivity contribution >= 4 is 15.9 Å². The lowest BCUT2D eigenvalue weighted by molar-refractivity contribution is 0.326. The fraction of sp³-hybridized carbons (Fsp3) is 0.769. The van der Waals surface area contributed by atoms with Crippen molar-refractivity contribution in [2.24, 2.45) is 13.0 Å². The van der Waals surface area contributed by atoms with Crippen molar-refractivity contribution in [1.29, 1.82) is 0 Å². The molecule has 1 N–H and O–H groups in total. The van der Waals surface area contributed by atoms with Gasteiger partial charge in [0.25, 0.3) is 0 Å². The van der Waals surface area contributed by atoms with Gasteiger partial charge in [-0.3, -0.25) is 4.68 Å². The van der Waals surface area contributed by atoms with E-state index in [0.29, 0.717) is 12.0 Å². The lowest BCUT2D eigenvalue weighted by Gasteiger charge is -2.27. The largest absolute Gasteiger partial charge is 0.308 e. The number of hydrogen-bond acceptors (Lipinski definition) is 2. The van der Waals surface area contributed by atoms with Gasteiger partial charge in [-0.1, -0.05) is 33.6 Å². The molecule has 98 valence electrons. The summed E-state index contributed by atoms with van der Waals surface area (Å²) in [6, 6.07) is 0.395. The zero-order valence-corrected chi connectivity index (χ0v) is 12.9. The number of halogens is 1. The average molecular weight is 302 g/mol. The predicted octanol–water partition coefficient (Wildman–Crippen LogP) is 3.66. The molecule has 0 saturated heterocycles. The Labute approximate surface area is 113 Å². The summed E-state index contributed by atoms with van der Waals surface area (Å²) in [7, 11) is 2.02. The summed E-state index contributed by atoms with van der Waals surface area (Å²) in [5, 5.41) is 7.99. The highest BCUT2D eigenvalue weighted by Gasteiger charge is 2.24. The summed E-state index contributed by atoms with van der Waals surface area (Å²) in [4.78, 5) is 0. The van der Waals surface area contributed by atoms with Gasteiger partial charge >= 0.3 is 0 Å². The lowest BCUT2D eigenvalue weighted by Crippen LogP contribution is -2.30. The molecule has 4 heteroatoms. The summed E-state index contributed by atoms with van der Waals surface area (Å²) in [6.07, 6.45) is 5.43. The Kier molecular flexibility index (Phi) is 6.20. The van der Waals surface area contributed by atoms with Gasteiger partial charge in [0.1, 0.15) is 0 Å². The molecule has 0 saturated carbocycles. The SMILES string of the molecule is CCCNC(c1c(Br)cnn1C)C(CC)CC. The quantitative estimate of drug-likeness (QED) is 0.833. The topological polar surface area (TPSA) is 29.9 Å². The fourth-order valence-corrected chi connectivity index (χ4v) is 2.91. The molecule has 1 unspecified atom stereocenters. The molecule has 0 aromatic carbocycles. The summed E-state index contributed by atoms with van der Waals surface area (Å²) in [5.74, 6) is 0.660. The molecule has 0 radical (unpaired) electrons. The second kappa shape index (κ2) is 7.17. The third-order valence-corrected chi connectivity index (χ3v) is 3.98. The minimum atomic E-state index is 0.395. The van der Waals surface area contributed by atoms with E-state index in [0.717, 1.165) is 17.4 Å². The van der Waals surface area contributed by atoms with Crippen LogP contribution in [0.2, 0.25) is 0 Å². The number of aromatic nitrogens is 2. The monoisotopic (exact) mass is 301 g/mol. The number of hydrogen-bond donors (Lipinski definition) is 1. The summed E-state index contributed by atoms with van der Waals surface area (Å²) < 4.78 is 3.09. The summed E-state index contributed by atoms with van der Waals surface area (Å²) >= 11 is 3.61. The Balaban J connectivity index is 2.96. The van der Waals surface area contributed by atoms with Crippen molar-refractivity contribution in [2.75, 3.05) is 6.54 Å². The second-order valence-electron chi connectivity index (χ2n) is 4.51. The number of nitrogens with one attached hydrogen (secondary N) is 1. The molecule has 0 bridgehead atoms. The van der Waals surface area contributed by atoms with E-state index >= 15 is 0 Å². The molecule has 1 aromatic rings. The molecule has 1 heterocycles. The van der Waals surface area contributed by atoms with E-state index in [1.807, 2.05) is 17.9 Å². The molecule has 1 atom stereocenters. The Morgan fingerprint density at radius 1 is 1.35 bits per heavy atom. The molecule has 3 nitrogen and oxygen atoms in total. The van der Waals surface area contributed by atoms with E-state index in [1.54, 1.807) is 0 Å². The van der Waals surface area contributed by atoms with E-state index in [1.165, 1.54) is 18.5 Å². The Hall–Kier alpha value is -0.350. The van der Waals surface area contributed by atoms with E-state index in [-0.39, 0.29) is 0 Å². The van der Waals surface area contributed by atoms with Crippen LogP contribution in [0.4, 0.5) is 0 Å². The Morgan fingerprint density at radius 2 is 2.00 bits per heavy atom. The van der Waals surface area contributed by atoms with Crippen LogP contribution < -0.4 is 5.32 Å². The first kappa shape index (κ1) is 14.7. The first-order valence-electron chi connectivity index (χ1n) is 6.56. The third-order valence-electron chi connectivity index (χ3n) is 3.37. The first-order valence-corrected chi connectivity index (χ1v) is 7.35. The highest BCUT2D eigenvalue weighted by molar-refractivity contribution is 9.10. The normalized spacial score (nSPS) is 13.3. The highest BCUT2D eigenvalue weighted by atomic mass is 79.9. The van der Waals surface area contributed by atoms with Crippen LogP contribution in [0.3, 0.4) is 0 Å². The van der Waals surface area contributed by atoms with Crippen LogP contribution in [-0.2, 0) is 7.05 Å². The second-order valence-corrected chi connectivity index (χ2v) is 5.36. The zero-order chi connectivity index (χ0) is 12.8. The van der Waals surface area contributed by atoms with E-state index in [9.17, 15) is 0 Å². The van der Waals surface area contributed by atoms with Crippen molar-refractivity contribution in [2.45, 2.75) is 46.1 Å². The van der Waals surface area contributed by atoms with Crippen LogP contribution in [0, 0.1) is 5.92 Å². The molecule has 0 spiro atoms. The number of nitrogens with zero attached hydrogens (tertiary/aromatic N) is 2. The fourth-order valence-electron chi connectivity index (χ4n) is 2.32. The minimum Gasteiger partial charge on any atom is -0.308 e. The van der Waals surface area contributed by atoms with Crippen molar-refractivity contribution in [3.05, 3.63) is 16.4 Å². The molecule has 0 aliphatic carbocycles. The number of aryl methyl sites for hydroxylation is 1. The van der Waals surface area contributed by atoms with Gasteiger partial charge in [-0.05, 0) is 34.8 Å². The number of rotatable bonds is 7. The molecular formula is C13H24BrN3. The molecule has 0 fully saturated rings. The van der Waals surface area contributed by atoms with Gasteiger partial charge in [0.15, 0.2) is 0 Å². The van der Waals surface area contributed by atoms with Crippen LogP contribution in [-0.4, -0.2) is 16.3 Å². The smallest absolute Gasteiger partial charge is 0.0695 e. The third kappa shape index (κ3) is 3.55. The van der Waals surface area contributed by atoms with Gasteiger partial charge in [0, 0.05) is 7.05 Å². The average Bonchev–Trinajstić information content (AvgIpc) is 2.65. The minimum absolute atomic E-state index is 0.395. The van der Waals surface area contributed by atoms with Gasteiger partial charge in [0.05, 0.1) is 22.4 Å². The van der Waals surface area contributed by atoms with E-state index in [4.69, 9.17) is 0 Å². The van der Waals surface area contributed by atoms with Crippen LogP contribution in [0.1, 0.15) is 51.8 Å². The maximum Gasteiger partial charge on any atom is 0.0695 e. The molecule has 0 aliphatic rings. The van der Waals surface area contributed by atoms with Crippen LogP contribution in [0.25, 0.3) is 0 Å².